The molecule has 0 saturated carbocycles. The van der Waals surface area contributed by atoms with Gasteiger partial charge in [-0.3, -0.25) is 4.98 Å². The molecule has 2 rings (SSSR count). The van der Waals surface area contributed by atoms with E-state index in [4.69, 9.17) is 5.11 Å². The van der Waals surface area contributed by atoms with Crippen LogP contribution < -0.4 is 5.32 Å². The first-order valence-corrected chi connectivity index (χ1v) is 6.01. The predicted molar refractivity (Wildman–Crippen MR) is 69.7 cm³/mol. The molecule has 1 atom stereocenters. The van der Waals surface area contributed by atoms with E-state index in [1.807, 2.05) is 24.5 Å². The molecule has 90 valence electrons. The summed E-state index contributed by atoms with van der Waals surface area (Å²) in [7, 11) is 0. The van der Waals surface area contributed by atoms with Gasteiger partial charge in [0.05, 0.1) is 6.61 Å². The van der Waals surface area contributed by atoms with Crippen LogP contribution in [0.15, 0.2) is 36.7 Å². The lowest BCUT2D eigenvalue weighted by Gasteiger charge is -2.14. The average Bonchev–Trinajstić information content (AvgIpc) is 2.40. The van der Waals surface area contributed by atoms with Gasteiger partial charge in [0.1, 0.15) is 0 Å². The van der Waals surface area contributed by atoms with Crippen molar-refractivity contribution in [3.8, 4) is 0 Å². The fourth-order valence-corrected chi connectivity index (χ4v) is 1.91. The summed E-state index contributed by atoms with van der Waals surface area (Å²) >= 11 is 0. The van der Waals surface area contributed by atoms with E-state index in [1.54, 1.807) is 0 Å². The van der Waals surface area contributed by atoms with E-state index in [0.717, 1.165) is 18.4 Å². The molecular weight excluding hydrogens is 212 g/mol. The fraction of sp³-hybridized carbons (Fsp3) is 0.357. The monoisotopic (exact) mass is 230 g/mol. The molecule has 0 saturated heterocycles. The maximum absolute atomic E-state index is 9.14. The number of benzene rings is 1. The third-order valence-corrected chi connectivity index (χ3v) is 3.05. The van der Waals surface area contributed by atoms with Gasteiger partial charge in [-0.15, -0.1) is 0 Å². The van der Waals surface area contributed by atoms with Crippen molar-refractivity contribution in [2.45, 2.75) is 25.9 Å². The van der Waals surface area contributed by atoms with Gasteiger partial charge in [0.2, 0.25) is 0 Å². The minimum absolute atomic E-state index is 0.161. The van der Waals surface area contributed by atoms with Crippen molar-refractivity contribution in [1.29, 1.82) is 0 Å². The van der Waals surface area contributed by atoms with Crippen LogP contribution >= 0.6 is 0 Å². The summed E-state index contributed by atoms with van der Waals surface area (Å²) in [4.78, 5) is 4.24. The minimum Gasteiger partial charge on any atom is -0.395 e. The molecule has 1 heterocycles. The molecular formula is C14H18N2O. The maximum atomic E-state index is 9.14. The highest BCUT2D eigenvalue weighted by atomic mass is 16.3. The summed E-state index contributed by atoms with van der Waals surface area (Å²) in [6, 6.07) is 8.39. The molecule has 0 aliphatic heterocycles. The van der Waals surface area contributed by atoms with Crippen molar-refractivity contribution < 1.29 is 5.11 Å². The van der Waals surface area contributed by atoms with Crippen LogP contribution in [0.25, 0.3) is 10.8 Å². The lowest BCUT2D eigenvalue weighted by Crippen LogP contribution is -2.31. The van der Waals surface area contributed by atoms with Gasteiger partial charge in [-0.2, -0.15) is 0 Å². The van der Waals surface area contributed by atoms with Gasteiger partial charge >= 0.3 is 0 Å². The minimum atomic E-state index is 0.161. The number of pyridine rings is 1. The summed E-state index contributed by atoms with van der Waals surface area (Å²) in [6.45, 7) is 2.98. The molecule has 0 aliphatic rings. The molecule has 3 nitrogen and oxygen atoms in total. The molecule has 17 heavy (non-hydrogen) atoms. The second-order valence-electron chi connectivity index (χ2n) is 4.19. The van der Waals surface area contributed by atoms with Crippen molar-refractivity contribution in [2.24, 2.45) is 0 Å². The Labute approximate surface area is 102 Å². The lowest BCUT2D eigenvalue weighted by molar-refractivity contribution is 0.238. The van der Waals surface area contributed by atoms with E-state index < -0.39 is 0 Å². The molecule has 0 bridgehead atoms. The number of hydrogen-bond donors (Lipinski definition) is 2. The van der Waals surface area contributed by atoms with Gasteiger partial charge in [-0.05, 0) is 17.4 Å². The maximum Gasteiger partial charge on any atom is 0.0584 e. The molecule has 0 unspecified atom stereocenters. The number of nitrogens with one attached hydrogen (secondary N) is 1. The van der Waals surface area contributed by atoms with E-state index in [9.17, 15) is 0 Å². The van der Waals surface area contributed by atoms with Crippen LogP contribution in [0.3, 0.4) is 0 Å². The Kier molecular flexibility index (Phi) is 4.07. The highest BCUT2D eigenvalue weighted by Crippen LogP contribution is 2.16. The summed E-state index contributed by atoms with van der Waals surface area (Å²) in [5.74, 6) is 0. The molecule has 1 aromatic heterocycles. The number of hydrogen-bond acceptors (Lipinski definition) is 3. The van der Waals surface area contributed by atoms with E-state index in [2.05, 4.69) is 29.4 Å². The Balaban J connectivity index is 2.18. The van der Waals surface area contributed by atoms with Gasteiger partial charge in [-0.25, -0.2) is 0 Å². The number of fused-ring (bicyclic) bond motifs is 1. The smallest absolute Gasteiger partial charge is 0.0584 e. The van der Waals surface area contributed by atoms with E-state index >= 15 is 0 Å². The zero-order valence-corrected chi connectivity index (χ0v) is 10.1. The van der Waals surface area contributed by atoms with Crippen LogP contribution in [0.1, 0.15) is 18.9 Å². The third-order valence-electron chi connectivity index (χ3n) is 3.05. The fourth-order valence-electron chi connectivity index (χ4n) is 1.91. The van der Waals surface area contributed by atoms with Crippen molar-refractivity contribution >= 4 is 10.8 Å². The molecule has 0 spiro atoms. The zero-order chi connectivity index (χ0) is 12.1. The third kappa shape index (κ3) is 2.81. The Morgan fingerprint density at radius 3 is 2.88 bits per heavy atom. The van der Waals surface area contributed by atoms with Crippen LogP contribution in [-0.4, -0.2) is 22.7 Å². The van der Waals surface area contributed by atoms with Crippen molar-refractivity contribution in [3.05, 3.63) is 42.2 Å². The van der Waals surface area contributed by atoms with Crippen molar-refractivity contribution in [3.63, 3.8) is 0 Å². The zero-order valence-electron chi connectivity index (χ0n) is 10.1. The summed E-state index contributed by atoms with van der Waals surface area (Å²) < 4.78 is 0. The van der Waals surface area contributed by atoms with E-state index in [0.29, 0.717) is 0 Å². The van der Waals surface area contributed by atoms with Crippen LogP contribution in [0.5, 0.6) is 0 Å². The molecule has 0 radical (unpaired) electrons. The van der Waals surface area contributed by atoms with Crippen molar-refractivity contribution in [2.75, 3.05) is 6.61 Å². The SMILES string of the molecule is CC[C@@H](CO)NCc1cncc2ccccc12. The summed E-state index contributed by atoms with van der Waals surface area (Å²) in [6.07, 6.45) is 4.69. The van der Waals surface area contributed by atoms with Gasteiger partial charge < -0.3 is 10.4 Å². The summed E-state index contributed by atoms with van der Waals surface area (Å²) in [5, 5.41) is 14.9. The van der Waals surface area contributed by atoms with Gasteiger partial charge in [0.15, 0.2) is 0 Å². The topological polar surface area (TPSA) is 45.1 Å². The molecule has 2 aromatic rings. The first-order valence-electron chi connectivity index (χ1n) is 6.01. The largest absolute Gasteiger partial charge is 0.395 e. The Hall–Kier alpha value is -1.45. The number of rotatable bonds is 5. The normalized spacial score (nSPS) is 12.8. The van der Waals surface area contributed by atoms with Crippen LogP contribution in [0.2, 0.25) is 0 Å². The molecule has 0 fully saturated rings. The standard InChI is InChI=1S/C14H18N2O/c1-2-13(10-17)16-9-12-8-15-7-11-5-3-4-6-14(11)12/h3-8,13,16-17H,2,9-10H2,1H3/t13-/m0/s1. The van der Waals surface area contributed by atoms with Gasteiger partial charge in [0, 0.05) is 30.4 Å². The van der Waals surface area contributed by atoms with Crippen LogP contribution in [-0.2, 0) is 6.54 Å². The van der Waals surface area contributed by atoms with Crippen LogP contribution in [0.4, 0.5) is 0 Å². The molecule has 1 aromatic carbocycles. The Morgan fingerprint density at radius 2 is 2.12 bits per heavy atom. The molecule has 3 heteroatoms. The summed E-state index contributed by atoms with van der Waals surface area (Å²) in [5.41, 5.74) is 1.18. The number of aliphatic hydroxyl groups is 1. The first-order chi connectivity index (χ1) is 8.35. The molecule has 0 aliphatic carbocycles. The predicted octanol–water partition coefficient (Wildman–Crippen LogP) is 2.10. The van der Waals surface area contributed by atoms with E-state index in [1.165, 1.54) is 10.9 Å². The average molecular weight is 230 g/mol. The van der Waals surface area contributed by atoms with E-state index in [-0.39, 0.29) is 12.6 Å². The van der Waals surface area contributed by atoms with Crippen molar-refractivity contribution in [1.82, 2.24) is 10.3 Å². The first kappa shape index (κ1) is 12.0. The van der Waals surface area contributed by atoms with Crippen LogP contribution in [0, 0.1) is 0 Å². The quantitative estimate of drug-likeness (QED) is 0.826. The second-order valence-corrected chi connectivity index (χ2v) is 4.19. The molecule has 0 amide bonds. The number of aliphatic hydroxyl groups excluding tert-OH is 1. The lowest BCUT2D eigenvalue weighted by atomic mass is 10.1. The Morgan fingerprint density at radius 1 is 1.29 bits per heavy atom. The highest BCUT2D eigenvalue weighted by molar-refractivity contribution is 5.84. The highest BCUT2D eigenvalue weighted by Gasteiger charge is 2.05. The second kappa shape index (κ2) is 5.75. The van der Waals surface area contributed by atoms with Gasteiger partial charge in [0.25, 0.3) is 0 Å². The number of aromatic nitrogens is 1. The molecule has 2 N–H and O–H groups in total. The number of nitrogens with zero attached hydrogens (tertiary/aromatic N) is 1. The van der Waals surface area contributed by atoms with Gasteiger partial charge in [-0.1, -0.05) is 31.2 Å². The Bertz CT molecular complexity index is 475.